The summed E-state index contributed by atoms with van der Waals surface area (Å²) in [5.74, 6) is -0.351. The molecule has 1 N–H and O–H groups in total. The van der Waals surface area contributed by atoms with Crippen molar-refractivity contribution in [3.05, 3.63) is 58.9 Å². The fraction of sp³-hybridized carbons (Fsp3) is 0.167. The van der Waals surface area contributed by atoms with E-state index in [4.69, 9.17) is 11.6 Å². The number of nitrogens with one attached hydrogen (secondary N) is 1. The van der Waals surface area contributed by atoms with Gasteiger partial charge in [0.2, 0.25) is 0 Å². The van der Waals surface area contributed by atoms with Gasteiger partial charge in [-0.2, -0.15) is 0 Å². The summed E-state index contributed by atoms with van der Waals surface area (Å²) in [5, 5.41) is 3.40. The van der Waals surface area contributed by atoms with Crippen molar-refractivity contribution in [1.82, 2.24) is 15.3 Å². The SMILES string of the molecule is CNC(c1ccncn1)c1ccc(Cl)cc1F. The van der Waals surface area contributed by atoms with Crippen molar-refractivity contribution in [3.8, 4) is 0 Å². The van der Waals surface area contributed by atoms with Crippen LogP contribution in [0.4, 0.5) is 4.39 Å². The van der Waals surface area contributed by atoms with Crippen molar-refractivity contribution in [2.24, 2.45) is 0 Å². The minimum absolute atomic E-state index is 0.310. The monoisotopic (exact) mass is 251 g/mol. The zero-order valence-corrected chi connectivity index (χ0v) is 9.95. The standard InChI is InChI=1S/C12H11ClFN3/c1-15-12(11-4-5-16-7-17-11)9-3-2-8(13)6-10(9)14/h2-7,12,15H,1H3. The van der Waals surface area contributed by atoms with Crippen LogP contribution in [0, 0.1) is 5.82 Å². The van der Waals surface area contributed by atoms with Crippen molar-refractivity contribution >= 4 is 11.6 Å². The molecule has 17 heavy (non-hydrogen) atoms. The second-order valence-electron chi connectivity index (χ2n) is 3.52. The summed E-state index contributed by atoms with van der Waals surface area (Å²) in [6, 6.07) is 6.04. The van der Waals surface area contributed by atoms with Crippen molar-refractivity contribution in [3.63, 3.8) is 0 Å². The first-order valence-corrected chi connectivity index (χ1v) is 5.48. The number of aromatic nitrogens is 2. The minimum Gasteiger partial charge on any atom is -0.308 e. The van der Waals surface area contributed by atoms with Crippen LogP contribution < -0.4 is 5.32 Å². The predicted octanol–water partition coefficient (Wildman–Crippen LogP) is 2.58. The van der Waals surface area contributed by atoms with Crippen LogP contribution >= 0.6 is 11.6 Å². The second-order valence-corrected chi connectivity index (χ2v) is 3.96. The normalized spacial score (nSPS) is 12.4. The summed E-state index contributed by atoms with van der Waals surface area (Å²) in [6.45, 7) is 0. The highest BCUT2D eigenvalue weighted by Gasteiger charge is 2.17. The highest BCUT2D eigenvalue weighted by atomic mass is 35.5. The molecule has 0 amide bonds. The van der Waals surface area contributed by atoms with Gasteiger partial charge in [-0.1, -0.05) is 17.7 Å². The maximum Gasteiger partial charge on any atom is 0.129 e. The third-order valence-corrected chi connectivity index (χ3v) is 2.70. The molecule has 0 saturated carbocycles. The molecule has 0 spiro atoms. The van der Waals surface area contributed by atoms with Gasteiger partial charge in [-0.05, 0) is 25.2 Å². The number of hydrogen-bond donors (Lipinski definition) is 1. The van der Waals surface area contributed by atoms with E-state index in [2.05, 4.69) is 15.3 Å². The van der Waals surface area contributed by atoms with Crippen LogP contribution in [0.25, 0.3) is 0 Å². The molecule has 1 atom stereocenters. The molecule has 2 aromatic rings. The van der Waals surface area contributed by atoms with E-state index in [0.29, 0.717) is 16.3 Å². The number of hydrogen-bond acceptors (Lipinski definition) is 3. The van der Waals surface area contributed by atoms with E-state index in [1.807, 2.05) is 0 Å². The molecule has 1 aromatic carbocycles. The Kier molecular flexibility index (Phi) is 3.66. The van der Waals surface area contributed by atoms with Crippen molar-refractivity contribution in [2.45, 2.75) is 6.04 Å². The van der Waals surface area contributed by atoms with Gasteiger partial charge in [-0.25, -0.2) is 14.4 Å². The average Bonchev–Trinajstić information content (AvgIpc) is 2.34. The minimum atomic E-state index is -0.351. The number of halogens is 2. The fourth-order valence-electron chi connectivity index (χ4n) is 1.67. The Hall–Kier alpha value is -1.52. The lowest BCUT2D eigenvalue weighted by molar-refractivity contribution is 0.570. The highest BCUT2D eigenvalue weighted by molar-refractivity contribution is 6.30. The Morgan fingerprint density at radius 2 is 2.18 bits per heavy atom. The largest absolute Gasteiger partial charge is 0.308 e. The zero-order chi connectivity index (χ0) is 12.3. The van der Waals surface area contributed by atoms with Gasteiger partial charge in [0.15, 0.2) is 0 Å². The van der Waals surface area contributed by atoms with Gasteiger partial charge < -0.3 is 5.32 Å². The molecule has 0 aliphatic rings. The first-order valence-electron chi connectivity index (χ1n) is 5.10. The summed E-state index contributed by atoms with van der Waals surface area (Å²) in [7, 11) is 1.75. The lowest BCUT2D eigenvalue weighted by Gasteiger charge is -2.16. The third-order valence-electron chi connectivity index (χ3n) is 2.46. The van der Waals surface area contributed by atoms with Crippen molar-refractivity contribution in [1.29, 1.82) is 0 Å². The van der Waals surface area contributed by atoms with Gasteiger partial charge in [-0.15, -0.1) is 0 Å². The summed E-state index contributed by atoms with van der Waals surface area (Å²) in [4.78, 5) is 7.96. The molecule has 0 fully saturated rings. The van der Waals surface area contributed by atoms with Crippen molar-refractivity contribution < 1.29 is 4.39 Å². The lowest BCUT2D eigenvalue weighted by atomic mass is 10.0. The Morgan fingerprint density at radius 3 is 2.76 bits per heavy atom. The molecule has 0 aliphatic carbocycles. The molecular formula is C12H11ClFN3. The molecular weight excluding hydrogens is 241 g/mol. The van der Waals surface area contributed by atoms with Crippen LogP contribution in [0.1, 0.15) is 17.3 Å². The topological polar surface area (TPSA) is 37.8 Å². The van der Waals surface area contributed by atoms with E-state index in [1.54, 1.807) is 31.4 Å². The predicted molar refractivity (Wildman–Crippen MR) is 64.3 cm³/mol. The first-order chi connectivity index (χ1) is 8.22. The molecule has 0 saturated heterocycles. The molecule has 5 heteroatoms. The maximum absolute atomic E-state index is 13.8. The Bertz CT molecular complexity index is 504. The van der Waals surface area contributed by atoms with Crippen LogP contribution in [0.3, 0.4) is 0 Å². The van der Waals surface area contributed by atoms with Gasteiger partial charge in [0.25, 0.3) is 0 Å². The molecule has 0 aliphatic heterocycles. The highest BCUT2D eigenvalue weighted by Crippen LogP contribution is 2.24. The van der Waals surface area contributed by atoms with E-state index >= 15 is 0 Å². The summed E-state index contributed by atoms with van der Waals surface area (Å²) in [6.07, 6.45) is 3.06. The smallest absolute Gasteiger partial charge is 0.129 e. The van der Waals surface area contributed by atoms with Gasteiger partial charge in [-0.3, -0.25) is 0 Å². The summed E-state index contributed by atoms with van der Waals surface area (Å²) >= 11 is 5.72. The van der Waals surface area contributed by atoms with Crippen LogP contribution in [0.5, 0.6) is 0 Å². The quantitative estimate of drug-likeness (QED) is 0.911. The van der Waals surface area contributed by atoms with Gasteiger partial charge in [0.1, 0.15) is 12.1 Å². The van der Waals surface area contributed by atoms with E-state index in [-0.39, 0.29) is 11.9 Å². The summed E-state index contributed by atoms with van der Waals surface area (Å²) < 4.78 is 13.8. The maximum atomic E-state index is 13.8. The Morgan fingerprint density at radius 1 is 1.35 bits per heavy atom. The van der Waals surface area contributed by atoms with E-state index in [1.165, 1.54) is 12.4 Å². The number of nitrogens with zero attached hydrogens (tertiary/aromatic N) is 2. The van der Waals surface area contributed by atoms with Gasteiger partial charge in [0.05, 0.1) is 11.7 Å². The average molecular weight is 252 g/mol. The van der Waals surface area contributed by atoms with E-state index in [9.17, 15) is 4.39 Å². The van der Waals surface area contributed by atoms with Crippen LogP contribution in [0.15, 0.2) is 36.8 Å². The van der Waals surface area contributed by atoms with E-state index in [0.717, 1.165) is 0 Å². The Balaban J connectivity index is 2.42. The third kappa shape index (κ3) is 2.60. The number of benzene rings is 1. The molecule has 0 radical (unpaired) electrons. The number of rotatable bonds is 3. The molecule has 1 aromatic heterocycles. The lowest BCUT2D eigenvalue weighted by Crippen LogP contribution is -2.20. The first kappa shape index (κ1) is 12.0. The second kappa shape index (κ2) is 5.21. The van der Waals surface area contributed by atoms with Gasteiger partial charge in [0, 0.05) is 16.8 Å². The zero-order valence-electron chi connectivity index (χ0n) is 9.19. The van der Waals surface area contributed by atoms with Crippen LogP contribution in [-0.4, -0.2) is 17.0 Å². The molecule has 0 bridgehead atoms. The molecule has 88 valence electrons. The van der Waals surface area contributed by atoms with Crippen LogP contribution in [0.2, 0.25) is 5.02 Å². The van der Waals surface area contributed by atoms with Crippen molar-refractivity contribution in [2.75, 3.05) is 7.05 Å². The molecule has 1 heterocycles. The fourth-order valence-corrected chi connectivity index (χ4v) is 1.83. The molecule has 1 unspecified atom stereocenters. The van der Waals surface area contributed by atoms with E-state index < -0.39 is 0 Å². The Labute approximate surface area is 104 Å². The van der Waals surface area contributed by atoms with Crippen LogP contribution in [-0.2, 0) is 0 Å². The molecule has 3 nitrogen and oxygen atoms in total. The van der Waals surface area contributed by atoms with Gasteiger partial charge >= 0.3 is 0 Å². The molecule has 2 rings (SSSR count). The summed E-state index contributed by atoms with van der Waals surface area (Å²) in [5.41, 5.74) is 1.22.